The number of carbonyl (C=O) groups is 1. The Bertz CT molecular complexity index is 960. The Morgan fingerprint density at radius 1 is 0.957 bits per heavy atom. The number of aryl methyl sites for hydroxylation is 4. The topological polar surface area (TPSA) is 56.0 Å². The van der Waals surface area contributed by atoms with Gasteiger partial charge in [0.2, 0.25) is 0 Å². The third kappa shape index (κ3) is 2.44. The smallest absolute Gasteiger partial charge is 0.322 e. The molecule has 23 heavy (non-hydrogen) atoms. The first kappa shape index (κ1) is 15.1. The normalized spacial score (nSPS) is 11.0. The standard InChI is InChI=1S/C18H19N3O2/c1-11-6-5-7-12(2)16(11)19-17(22)13-8-9-14-15(10-13)21(4)18(23)20(14)3/h5-10H,1-4H3,(H,19,22). The van der Waals surface area contributed by atoms with Crippen molar-refractivity contribution in [3.05, 3.63) is 63.6 Å². The number of carbonyl (C=O) groups excluding carboxylic acids is 1. The van der Waals surface area contributed by atoms with Crippen molar-refractivity contribution in [1.82, 2.24) is 9.13 Å². The summed E-state index contributed by atoms with van der Waals surface area (Å²) in [4.78, 5) is 24.5. The van der Waals surface area contributed by atoms with E-state index >= 15 is 0 Å². The molecule has 0 aliphatic heterocycles. The van der Waals surface area contributed by atoms with Crippen LogP contribution in [0, 0.1) is 13.8 Å². The lowest BCUT2D eigenvalue weighted by Crippen LogP contribution is -2.19. The van der Waals surface area contributed by atoms with Gasteiger partial charge in [0.05, 0.1) is 11.0 Å². The van der Waals surface area contributed by atoms with Gasteiger partial charge in [-0.15, -0.1) is 0 Å². The Kier molecular flexibility index (Phi) is 3.56. The highest BCUT2D eigenvalue weighted by atomic mass is 16.2. The van der Waals surface area contributed by atoms with Crippen LogP contribution in [0.4, 0.5) is 5.69 Å². The van der Waals surface area contributed by atoms with Gasteiger partial charge in [-0.25, -0.2) is 4.79 Å². The largest absolute Gasteiger partial charge is 0.328 e. The van der Waals surface area contributed by atoms with Gasteiger partial charge in [0, 0.05) is 25.3 Å². The Labute approximate surface area is 134 Å². The number of nitrogens with zero attached hydrogens (tertiary/aromatic N) is 2. The Morgan fingerprint density at radius 3 is 2.22 bits per heavy atom. The molecule has 0 saturated carbocycles. The van der Waals surface area contributed by atoms with E-state index in [1.54, 1.807) is 41.4 Å². The molecule has 0 radical (unpaired) electrons. The summed E-state index contributed by atoms with van der Waals surface area (Å²) >= 11 is 0. The first-order chi connectivity index (χ1) is 10.9. The quantitative estimate of drug-likeness (QED) is 0.791. The Balaban J connectivity index is 2.02. The van der Waals surface area contributed by atoms with Crippen molar-refractivity contribution in [3.63, 3.8) is 0 Å². The number of imidazole rings is 1. The third-order valence-corrected chi connectivity index (χ3v) is 4.25. The minimum absolute atomic E-state index is 0.104. The fraction of sp³-hybridized carbons (Fsp3) is 0.222. The number of fused-ring (bicyclic) bond motifs is 1. The summed E-state index contributed by atoms with van der Waals surface area (Å²) in [5, 5.41) is 2.97. The highest BCUT2D eigenvalue weighted by Gasteiger charge is 2.13. The summed E-state index contributed by atoms with van der Waals surface area (Å²) in [6.45, 7) is 3.93. The van der Waals surface area contributed by atoms with Crippen molar-refractivity contribution >= 4 is 22.6 Å². The maximum Gasteiger partial charge on any atom is 0.328 e. The van der Waals surface area contributed by atoms with Crippen LogP contribution in [0.2, 0.25) is 0 Å². The molecule has 0 aliphatic carbocycles. The zero-order valence-corrected chi connectivity index (χ0v) is 13.7. The average Bonchev–Trinajstić information content (AvgIpc) is 2.75. The highest BCUT2D eigenvalue weighted by Crippen LogP contribution is 2.21. The number of benzene rings is 2. The van der Waals surface area contributed by atoms with Crippen molar-refractivity contribution < 1.29 is 4.79 Å². The first-order valence-corrected chi connectivity index (χ1v) is 7.43. The third-order valence-electron chi connectivity index (χ3n) is 4.25. The molecular formula is C18H19N3O2. The van der Waals surface area contributed by atoms with Crippen LogP contribution in [0.1, 0.15) is 21.5 Å². The number of amides is 1. The van der Waals surface area contributed by atoms with Crippen LogP contribution in [-0.4, -0.2) is 15.0 Å². The fourth-order valence-corrected chi connectivity index (χ4v) is 2.85. The molecule has 0 spiro atoms. The van der Waals surface area contributed by atoms with Crippen LogP contribution in [0.5, 0.6) is 0 Å². The summed E-state index contributed by atoms with van der Waals surface area (Å²) in [6, 6.07) is 11.2. The minimum Gasteiger partial charge on any atom is -0.322 e. The summed E-state index contributed by atoms with van der Waals surface area (Å²) < 4.78 is 3.12. The molecule has 1 amide bonds. The van der Waals surface area contributed by atoms with Crippen molar-refractivity contribution in [3.8, 4) is 0 Å². The second-order valence-corrected chi connectivity index (χ2v) is 5.83. The molecule has 2 aromatic carbocycles. The number of hydrogen-bond donors (Lipinski definition) is 1. The van der Waals surface area contributed by atoms with E-state index < -0.39 is 0 Å². The van der Waals surface area contributed by atoms with Crippen molar-refractivity contribution in [2.24, 2.45) is 14.1 Å². The van der Waals surface area contributed by atoms with E-state index in [0.29, 0.717) is 5.56 Å². The Morgan fingerprint density at radius 2 is 1.57 bits per heavy atom. The molecule has 1 N–H and O–H groups in total. The predicted octanol–water partition coefficient (Wildman–Crippen LogP) is 2.75. The zero-order chi connectivity index (χ0) is 16.7. The molecule has 5 nitrogen and oxygen atoms in total. The molecule has 0 saturated heterocycles. The summed E-state index contributed by atoms with van der Waals surface area (Å²) in [7, 11) is 3.43. The van der Waals surface area contributed by atoms with Crippen molar-refractivity contribution in [1.29, 1.82) is 0 Å². The van der Waals surface area contributed by atoms with E-state index in [4.69, 9.17) is 0 Å². The van der Waals surface area contributed by atoms with E-state index in [1.807, 2.05) is 32.0 Å². The fourth-order valence-electron chi connectivity index (χ4n) is 2.85. The van der Waals surface area contributed by atoms with Gasteiger partial charge in [-0.3, -0.25) is 13.9 Å². The SMILES string of the molecule is Cc1cccc(C)c1NC(=O)c1ccc2c(c1)n(C)c(=O)n2C. The summed E-state index contributed by atoms with van der Waals surface area (Å²) in [5.74, 6) is -0.180. The van der Waals surface area contributed by atoms with Crippen LogP contribution >= 0.6 is 0 Å². The number of para-hydroxylation sites is 1. The van der Waals surface area contributed by atoms with Gasteiger partial charge in [0.25, 0.3) is 5.91 Å². The lowest BCUT2D eigenvalue weighted by atomic mass is 10.1. The van der Waals surface area contributed by atoms with E-state index in [9.17, 15) is 9.59 Å². The second-order valence-electron chi connectivity index (χ2n) is 5.83. The monoisotopic (exact) mass is 309 g/mol. The van der Waals surface area contributed by atoms with Gasteiger partial charge < -0.3 is 5.32 Å². The maximum atomic E-state index is 12.6. The summed E-state index contributed by atoms with van der Waals surface area (Å²) in [6.07, 6.45) is 0. The Hall–Kier alpha value is -2.82. The van der Waals surface area contributed by atoms with Gasteiger partial charge in [-0.1, -0.05) is 18.2 Å². The molecule has 0 bridgehead atoms. The molecule has 0 aliphatic rings. The van der Waals surface area contributed by atoms with Crippen molar-refractivity contribution in [2.45, 2.75) is 13.8 Å². The van der Waals surface area contributed by atoms with Crippen LogP contribution in [0.3, 0.4) is 0 Å². The molecule has 0 fully saturated rings. The molecule has 0 unspecified atom stereocenters. The van der Waals surface area contributed by atoms with Crippen LogP contribution < -0.4 is 11.0 Å². The molecule has 3 aromatic rings. The molecule has 1 heterocycles. The second kappa shape index (κ2) is 5.43. The van der Waals surface area contributed by atoms with Crippen LogP contribution in [0.15, 0.2) is 41.2 Å². The summed E-state index contributed by atoms with van der Waals surface area (Å²) in [5.41, 5.74) is 4.85. The molecule has 5 heteroatoms. The number of aromatic nitrogens is 2. The number of anilines is 1. The van der Waals surface area contributed by atoms with Gasteiger partial charge in [-0.05, 0) is 43.2 Å². The van der Waals surface area contributed by atoms with Gasteiger partial charge in [0.15, 0.2) is 0 Å². The van der Waals surface area contributed by atoms with Gasteiger partial charge >= 0.3 is 5.69 Å². The van der Waals surface area contributed by atoms with Crippen molar-refractivity contribution in [2.75, 3.05) is 5.32 Å². The number of rotatable bonds is 2. The van der Waals surface area contributed by atoms with E-state index in [2.05, 4.69) is 5.32 Å². The van der Waals surface area contributed by atoms with Crippen LogP contribution in [0.25, 0.3) is 11.0 Å². The van der Waals surface area contributed by atoms with E-state index in [0.717, 1.165) is 27.8 Å². The molecule has 118 valence electrons. The first-order valence-electron chi connectivity index (χ1n) is 7.43. The highest BCUT2D eigenvalue weighted by molar-refractivity contribution is 6.06. The van der Waals surface area contributed by atoms with Gasteiger partial charge in [0.1, 0.15) is 0 Å². The van der Waals surface area contributed by atoms with Crippen LogP contribution in [-0.2, 0) is 14.1 Å². The maximum absolute atomic E-state index is 12.6. The average molecular weight is 309 g/mol. The van der Waals surface area contributed by atoms with E-state index in [-0.39, 0.29) is 11.6 Å². The lowest BCUT2D eigenvalue weighted by Gasteiger charge is -2.11. The molecule has 1 aromatic heterocycles. The number of hydrogen-bond acceptors (Lipinski definition) is 2. The zero-order valence-electron chi connectivity index (χ0n) is 13.7. The lowest BCUT2D eigenvalue weighted by molar-refractivity contribution is 0.102. The predicted molar refractivity (Wildman–Crippen MR) is 92.0 cm³/mol. The minimum atomic E-state index is -0.180. The van der Waals surface area contributed by atoms with E-state index in [1.165, 1.54) is 0 Å². The molecule has 3 rings (SSSR count). The van der Waals surface area contributed by atoms with Gasteiger partial charge in [-0.2, -0.15) is 0 Å². The number of nitrogens with one attached hydrogen (secondary N) is 1. The molecule has 0 atom stereocenters. The molecular weight excluding hydrogens is 290 g/mol.